The minimum Gasteiger partial charge on any atom is -0.493 e. The number of nitrogens with one attached hydrogen (secondary N) is 3. The van der Waals surface area contributed by atoms with Crippen LogP contribution in [0.1, 0.15) is 18.1 Å². The molecule has 164 valence electrons. The van der Waals surface area contributed by atoms with E-state index in [1.54, 1.807) is 14.2 Å². The van der Waals surface area contributed by atoms with Crippen LogP contribution < -0.4 is 25.4 Å². The highest BCUT2D eigenvalue weighted by Crippen LogP contribution is 2.27. The molecule has 2 aromatic rings. The maximum Gasteiger partial charge on any atom is 0.411 e. The van der Waals surface area contributed by atoms with Crippen LogP contribution in [0.3, 0.4) is 0 Å². The van der Waals surface area contributed by atoms with Gasteiger partial charge in [0.15, 0.2) is 17.5 Å². The summed E-state index contributed by atoms with van der Waals surface area (Å²) >= 11 is 0. The number of hydrogen-bond donors (Lipinski definition) is 3. The normalized spacial score (nSPS) is 10.5. The number of anilines is 1. The van der Waals surface area contributed by atoms with Gasteiger partial charge in [0.25, 0.3) is 0 Å². The van der Waals surface area contributed by atoms with Crippen molar-refractivity contribution >= 4 is 41.7 Å². The number of rotatable bonds is 8. The van der Waals surface area contributed by atoms with Crippen LogP contribution in [0.25, 0.3) is 0 Å². The van der Waals surface area contributed by atoms with Gasteiger partial charge in [-0.25, -0.2) is 9.79 Å². The van der Waals surface area contributed by atoms with E-state index in [-0.39, 0.29) is 24.0 Å². The summed E-state index contributed by atoms with van der Waals surface area (Å²) in [5.74, 6) is 2.08. The number of hydrogen-bond acceptors (Lipinski definition) is 5. The molecular weight excluding hydrogens is 499 g/mol. The van der Waals surface area contributed by atoms with Gasteiger partial charge < -0.3 is 24.8 Å². The molecule has 0 saturated heterocycles. The van der Waals surface area contributed by atoms with E-state index >= 15 is 0 Å². The van der Waals surface area contributed by atoms with Crippen LogP contribution in [0, 0.1) is 0 Å². The van der Waals surface area contributed by atoms with E-state index in [4.69, 9.17) is 9.47 Å². The predicted octanol–water partition coefficient (Wildman–Crippen LogP) is 3.76. The van der Waals surface area contributed by atoms with E-state index < -0.39 is 6.09 Å². The summed E-state index contributed by atoms with van der Waals surface area (Å²) in [7, 11) is 4.56. The van der Waals surface area contributed by atoms with Gasteiger partial charge in [0.05, 0.1) is 27.9 Å². The summed E-state index contributed by atoms with van der Waals surface area (Å²) in [5.41, 5.74) is 2.74. The molecule has 0 aromatic heterocycles. The van der Waals surface area contributed by atoms with Crippen molar-refractivity contribution in [1.29, 1.82) is 0 Å². The van der Waals surface area contributed by atoms with E-state index in [0.29, 0.717) is 36.2 Å². The largest absolute Gasteiger partial charge is 0.493 e. The zero-order valence-electron chi connectivity index (χ0n) is 17.7. The van der Waals surface area contributed by atoms with Gasteiger partial charge in [0, 0.05) is 18.8 Å². The SMILES string of the molecule is CCNC(=NCc1ccc(OC)c(OC)c1)NCc1ccc(NC(=O)OC)cc1.I. The number of carbonyl (C=O) groups is 1. The summed E-state index contributed by atoms with van der Waals surface area (Å²) in [4.78, 5) is 15.9. The Morgan fingerprint density at radius 3 is 2.20 bits per heavy atom. The van der Waals surface area contributed by atoms with Crippen LogP contribution in [-0.4, -0.2) is 39.9 Å². The number of amides is 1. The van der Waals surface area contributed by atoms with Crippen molar-refractivity contribution in [1.82, 2.24) is 10.6 Å². The highest BCUT2D eigenvalue weighted by molar-refractivity contribution is 14.0. The number of halogens is 1. The number of benzene rings is 2. The lowest BCUT2D eigenvalue weighted by atomic mass is 10.2. The molecule has 30 heavy (non-hydrogen) atoms. The number of carbonyl (C=O) groups excluding carboxylic acids is 1. The molecule has 0 aliphatic rings. The maximum atomic E-state index is 11.2. The summed E-state index contributed by atoms with van der Waals surface area (Å²) in [6.07, 6.45) is -0.493. The molecule has 3 N–H and O–H groups in total. The number of aliphatic imine (C=N–C) groups is 1. The van der Waals surface area contributed by atoms with Crippen molar-refractivity contribution in [3.8, 4) is 11.5 Å². The Hall–Kier alpha value is -2.69. The van der Waals surface area contributed by atoms with Crippen molar-refractivity contribution in [3.05, 3.63) is 53.6 Å². The molecule has 0 fully saturated rings. The lowest BCUT2D eigenvalue weighted by Crippen LogP contribution is -2.36. The van der Waals surface area contributed by atoms with Gasteiger partial charge >= 0.3 is 6.09 Å². The summed E-state index contributed by atoms with van der Waals surface area (Å²) in [6.45, 7) is 3.86. The highest BCUT2D eigenvalue weighted by atomic mass is 127. The van der Waals surface area contributed by atoms with E-state index in [1.807, 2.05) is 49.4 Å². The fourth-order valence-electron chi connectivity index (χ4n) is 2.55. The molecule has 0 aliphatic carbocycles. The molecule has 9 heteroatoms. The number of guanidine groups is 1. The fraction of sp³-hybridized carbons (Fsp3) is 0.333. The van der Waals surface area contributed by atoms with Crippen LogP contribution in [0.2, 0.25) is 0 Å². The van der Waals surface area contributed by atoms with Crippen LogP contribution in [-0.2, 0) is 17.8 Å². The fourth-order valence-corrected chi connectivity index (χ4v) is 2.55. The van der Waals surface area contributed by atoms with Crippen molar-refractivity contribution in [2.45, 2.75) is 20.0 Å². The molecule has 0 saturated carbocycles. The van der Waals surface area contributed by atoms with Crippen LogP contribution in [0.4, 0.5) is 10.5 Å². The third-order valence-corrected chi connectivity index (χ3v) is 4.06. The second-order valence-corrected chi connectivity index (χ2v) is 6.05. The summed E-state index contributed by atoms with van der Waals surface area (Å²) in [5, 5.41) is 9.15. The molecule has 8 nitrogen and oxygen atoms in total. The number of nitrogens with zero attached hydrogens (tertiary/aromatic N) is 1. The first-order valence-corrected chi connectivity index (χ1v) is 9.26. The van der Waals surface area contributed by atoms with E-state index in [0.717, 1.165) is 17.7 Å². The van der Waals surface area contributed by atoms with Gasteiger partial charge in [0.1, 0.15) is 0 Å². The van der Waals surface area contributed by atoms with Crippen molar-refractivity contribution in [2.75, 3.05) is 33.2 Å². The standard InChI is InChI=1S/C21H28N4O4.HI/c1-5-22-20(24-14-16-8-11-18(27-2)19(12-16)28-3)23-13-15-6-9-17(10-7-15)25-21(26)29-4;/h6-12H,5,13-14H2,1-4H3,(H,25,26)(H2,22,23,24);1H. The molecule has 0 atom stereocenters. The van der Waals surface area contributed by atoms with Crippen LogP contribution in [0.5, 0.6) is 11.5 Å². The van der Waals surface area contributed by atoms with Crippen molar-refractivity contribution in [3.63, 3.8) is 0 Å². The first-order chi connectivity index (χ1) is 14.1. The zero-order valence-corrected chi connectivity index (χ0v) is 20.0. The Morgan fingerprint density at radius 2 is 1.60 bits per heavy atom. The topological polar surface area (TPSA) is 93.2 Å². The molecule has 0 aliphatic heterocycles. The van der Waals surface area contributed by atoms with Gasteiger partial charge in [-0.2, -0.15) is 0 Å². The molecule has 0 radical (unpaired) electrons. The molecule has 2 aromatic carbocycles. The average molecular weight is 528 g/mol. The van der Waals surface area contributed by atoms with Gasteiger partial charge in [-0.05, 0) is 42.3 Å². The summed E-state index contributed by atoms with van der Waals surface area (Å²) < 4.78 is 15.2. The monoisotopic (exact) mass is 528 g/mol. The van der Waals surface area contributed by atoms with Crippen molar-refractivity contribution in [2.24, 2.45) is 4.99 Å². The highest BCUT2D eigenvalue weighted by Gasteiger charge is 2.05. The van der Waals surface area contributed by atoms with Gasteiger partial charge in [0.2, 0.25) is 0 Å². The molecular formula is C21H29IN4O4. The number of methoxy groups -OCH3 is 3. The molecule has 2 rings (SSSR count). The van der Waals surface area contributed by atoms with E-state index in [9.17, 15) is 4.79 Å². The van der Waals surface area contributed by atoms with Crippen LogP contribution >= 0.6 is 24.0 Å². The van der Waals surface area contributed by atoms with E-state index in [1.165, 1.54) is 7.11 Å². The second-order valence-electron chi connectivity index (χ2n) is 6.05. The summed E-state index contributed by atoms with van der Waals surface area (Å²) in [6, 6.07) is 13.2. The molecule has 0 bridgehead atoms. The van der Waals surface area contributed by atoms with Gasteiger partial charge in [-0.1, -0.05) is 18.2 Å². The van der Waals surface area contributed by atoms with Gasteiger partial charge in [-0.3, -0.25) is 5.32 Å². The Kier molecular flexibility index (Phi) is 11.4. The maximum absolute atomic E-state index is 11.2. The lowest BCUT2D eigenvalue weighted by Gasteiger charge is -2.12. The van der Waals surface area contributed by atoms with E-state index in [2.05, 4.69) is 25.7 Å². The predicted molar refractivity (Wildman–Crippen MR) is 129 cm³/mol. The Balaban J connectivity index is 0.00000450. The Labute approximate surface area is 194 Å². The molecule has 1 amide bonds. The quantitative estimate of drug-likeness (QED) is 0.275. The molecule has 0 unspecified atom stereocenters. The average Bonchev–Trinajstić information content (AvgIpc) is 2.76. The minimum atomic E-state index is -0.493. The minimum absolute atomic E-state index is 0. The zero-order chi connectivity index (χ0) is 21.1. The first kappa shape index (κ1) is 25.3. The molecule has 0 spiro atoms. The third kappa shape index (κ3) is 7.97. The Morgan fingerprint density at radius 1 is 0.933 bits per heavy atom. The number of ether oxygens (including phenoxy) is 3. The smallest absolute Gasteiger partial charge is 0.411 e. The van der Waals surface area contributed by atoms with Gasteiger partial charge in [-0.15, -0.1) is 24.0 Å². The Bertz CT molecular complexity index is 828. The lowest BCUT2D eigenvalue weighted by molar-refractivity contribution is 0.187. The van der Waals surface area contributed by atoms with Crippen molar-refractivity contribution < 1.29 is 19.0 Å². The van der Waals surface area contributed by atoms with Crippen LogP contribution in [0.15, 0.2) is 47.5 Å². The molecule has 0 heterocycles. The second kappa shape index (κ2) is 13.5. The third-order valence-electron chi connectivity index (χ3n) is 4.06. The first-order valence-electron chi connectivity index (χ1n) is 9.26.